The summed E-state index contributed by atoms with van der Waals surface area (Å²) in [5.41, 5.74) is 1.55. The minimum atomic E-state index is -1.01. The van der Waals surface area contributed by atoms with E-state index >= 15 is 0 Å². The van der Waals surface area contributed by atoms with Crippen molar-refractivity contribution in [2.75, 3.05) is 26.7 Å². The van der Waals surface area contributed by atoms with Gasteiger partial charge in [0.15, 0.2) is 0 Å². The van der Waals surface area contributed by atoms with Crippen molar-refractivity contribution < 1.29 is 24.0 Å². The molecule has 20 heavy (non-hydrogen) atoms. The van der Waals surface area contributed by atoms with Gasteiger partial charge in [0.05, 0.1) is 13.1 Å². The molecule has 0 atom stereocenters. The van der Waals surface area contributed by atoms with Crippen LogP contribution in [0.4, 0.5) is 0 Å². The van der Waals surface area contributed by atoms with E-state index in [0.717, 1.165) is 5.56 Å². The minimum Gasteiger partial charge on any atom is -0.494 e. The van der Waals surface area contributed by atoms with Crippen LogP contribution in [0, 0.1) is 0 Å². The highest BCUT2D eigenvalue weighted by molar-refractivity contribution is 6.64. The molecular formula is C13H16BNO5. The molecule has 0 bridgehead atoms. The monoisotopic (exact) mass is 277 g/mol. The van der Waals surface area contributed by atoms with E-state index in [1.807, 2.05) is 0 Å². The lowest BCUT2D eigenvalue weighted by Gasteiger charge is -2.22. The zero-order valence-electron chi connectivity index (χ0n) is 11.2. The number of nitrogens with zero attached hydrogens (tertiary/aromatic N) is 1. The smallest absolute Gasteiger partial charge is 0.494 e. The Balaban J connectivity index is 2.12. The number of aliphatic hydroxyl groups excluding tert-OH is 1. The zero-order valence-corrected chi connectivity index (χ0v) is 11.2. The van der Waals surface area contributed by atoms with Crippen LogP contribution in [0.1, 0.15) is 5.56 Å². The van der Waals surface area contributed by atoms with Gasteiger partial charge in [-0.3, -0.25) is 14.5 Å². The van der Waals surface area contributed by atoms with Crippen molar-refractivity contribution in [3.05, 3.63) is 29.8 Å². The fourth-order valence-electron chi connectivity index (χ4n) is 1.94. The van der Waals surface area contributed by atoms with E-state index in [-0.39, 0.29) is 19.7 Å². The number of carbonyl (C=O) groups excluding carboxylic acids is 2. The van der Waals surface area contributed by atoms with Crippen LogP contribution >= 0.6 is 0 Å². The lowest BCUT2D eigenvalue weighted by atomic mass is 9.78. The maximum Gasteiger partial charge on any atom is 0.636 e. The zero-order chi connectivity index (χ0) is 14.5. The molecule has 1 fully saturated rings. The van der Waals surface area contributed by atoms with Gasteiger partial charge in [-0.2, -0.15) is 0 Å². The maximum absolute atomic E-state index is 11.6. The van der Waals surface area contributed by atoms with Crippen LogP contribution in [0.2, 0.25) is 0 Å². The van der Waals surface area contributed by atoms with Gasteiger partial charge >= 0.3 is 19.1 Å². The normalized spacial score (nSPS) is 17.2. The Morgan fingerprint density at radius 2 is 1.70 bits per heavy atom. The van der Waals surface area contributed by atoms with E-state index < -0.39 is 19.1 Å². The SMILES string of the molecule is CN1CC(=O)OB(c2ccc(CCO)cc2)OC(=O)C1. The molecule has 1 aromatic rings. The first-order valence-corrected chi connectivity index (χ1v) is 6.35. The third-order valence-corrected chi connectivity index (χ3v) is 2.93. The molecule has 106 valence electrons. The first-order chi connectivity index (χ1) is 9.58. The molecule has 1 saturated heterocycles. The van der Waals surface area contributed by atoms with Crippen molar-refractivity contribution in [2.24, 2.45) is 0 Å². The van der Waals surface area contributed by atoms with E-state index in [1.165, 1.54) is 4.90 Å². The number of hydrogen-bond acceptors (Lipinski definition) is 6. The number of hydrogen-bond donors (Lipinski definition) is 1. The first-order valence-electron chi connectivity index (χ1n) is 6.35. The summed E-state index contributed by atoms with van der Waals surface area (Å²) in [4.78, 5) is 24.8. The Morgan fingerprint density at radius 1 is 1.15 bits per heavy atom. The second-order valence-electron chi connectivity index (χ2n) is 4.70. The number of rotatable bonds is 3. The van der Waals surface area contributed by atoms with E-state index in [0.29, 0.717) is 11.9 Å². The molecule has 1 aliphatic heterocycles. The summed E-state index contributed by atoms with van der Waals surface area (Å²) >= 11 is 0. The fourth-order valence-corrected chi connectivity index (χ4v) is 1.94. The van der Waals surface area contributed by atoms with Crippen LogP contribution in [-0.4, -0.2) is 55.8 Å². The second-order valence-corrected chi connectivity index (χ2v) is 4.70. The molecule has 0 unspecified atom stereocenters. The van der Waals surface area contributed by atoms with E-state index in [1.54, 1.807) is 31.3 Å². The maximum atomic E-state index is 11.6. The van der Waals surface area contributed by atoms with Gasteiger partial charge in [-0.25, -0.2) is 0 Å². The van der Waals surface area contributed by atoms with Crippen molar-refractivity contribution in [3.8, 4) is 0 Å². The Hall–Kier alpha value is -1.86. The molecular weight excluding hydrogens is 261 g/mol. The number of carbonyl (C=O) groups is 2. The molecule has 1 N–H and O–H groups in total. The van der Waals surface area contributed by atoms with Crippen LogP contribution in [0.15, 0.2) is 24.3 Å². The van der Waals surface area contributed by atoms with Gasteiger partial charge in [0, 0.05) is 12.1 Å². The average molecular weight is 277 g/mol. The highest BCUT2D eigenvalue weighted by Crippen LogP contribution is 2.03. The van der Waals surface area contributed by atoms with Crippen molar-refractivity contribution in [2.45, 2.75) is 6.42 Å². The first kappa shape index (κ1) is 14.6. The van der Waals surface area contributed by atoms with Crippen LogP contribution in [-0.2, 0) is 25.3 Å². The van der Waals surface area contributed by atoms with Gasteiger partial charge in [0.1, 0.15) is 0 Å². The highest BCUT2D eigenvalue weighted by Gasteiger charge is 2.33. The summed E-state index contributed by atoms with van der Waals surface area (Å²) in [6, 6.07) is 7.05. The molecule has 0 saturated carbocycles. The molecule has 0 amide bonds. The fraction of sp³-hybridized carbons (Fsp3) is 0.385. The Labute approximate surface area is 117 Å². The van der Waals surface area contributed by atoms with Gasteiger partial charge in [0.25, 0.3) is 0 Å². The van der Waals surface area contributed by atoms with Gasteiger partial charge < -0.3 is 14.4 Å². The van der Waals surface area contributed by atoms with Crippen LogP contribution in [0.3, 0.4) is 0 Å². The molecule has 6 nitrogen and oxygen atoms in total. The molecule has 2 rings (SSSR count). The number of likely N-dealkylation sites (N-methyl/N-ethyl adjacent to an activating group) is 1. The van der Waals surface area contributed by atoms with Crippen LogP contribution < -0.4 is 5.46 Å². The minimum absolute atomic E-state index is 0.0498. The van der Waals surface area contributed by atoms with Crippen molar-refractivity contribution in [3.63, 3.8) is 0 Å². The molecule has 1 aliphatic rings. The average Bonchev–Trinajstić information content (AvgIpc) is 2.37. The van der Waals surface area contributed by atoms with Crippen molar-refractivity contribution >= 4 is 24.5 Å². The van der Waals surface area contributed by atoms with Crippen molar-refractivity contribution in [1.82, 2.24) is 4.90 Å². The van der Waals surface area contributed by atoms with Crippen LogP contribution in [0.5, 0.6) is 0 Å². The highest BCUT2D eigenvalue weighted by atomic mass is 16.6. The summed E-state index contributed by atoms with van der Waals surface area (Å²) in [6.45, 7) is 0.168. The topological polar surface area (TPSA) is 76.1 Å². The predicted molar refractivity (Wildman–Crippen MR) is 72.3 cm³/mol. The molecule has 0 aromatic heterocycles. The standard InChI is InChI=1S/C13H16BNO5/c1-15-8-12(17)19-14(20-13(18)9-15)11-4-2-10(3-5-11)6-7-16/h2-5,16H,6-9H2,1H3. The molecule has 0 radical (unpaired) electrons. The van der Waals surface area contributed by atoms with Gasteiger partial charge in [-0.05, 0) is 19.0 Å². The third kappa shape index (κ3) is 3.82. The molecule has 1 aromatic carbocycles. The summed E-state index contributed by atoms with van der Waals surface area (Å²) in [5, 5.41) is 8.86. The summed E-state index contributed by atoms with van der Waals surface area (Å²) < 4.78 is 10.3. The Bertz CT molecular complexity index is 470. The molecule has 1 heterocycles. The summed E-state index contributed by atoms with van der Waals surface area (Å²) in [7, 11) is 0.638. The molecule has 7 heteroatoms. The van der Waals surface area contributed by atoms with Gasteiger partial charge in [-0.1, -0.05) is 24.3 Å². The lowest BCUT2D eigenvalue weighted by Crippen LogP contribution is -2.47. The number of aliphatic hydroxyl groups is 1. The summed E-state index contributed by atoms with van der Waals surface area (Å²) in [5.74, 6) is -0.881. The van der Waals surface area contributed by atoms with Crippen LogP contribution in [0.25, 0.3) is 0 Å². The third-order valence-electron chi connectivity index (χ3n) is 2.93. The largest absolute Gasteiger partial charge is 0.636 e. The number of benzene rings is 1. The molecule has 0 aliphatic carbocycles. The van der Waals surface area contributed by atoms with Gasteiger partial charge in [-0.15, -0.1) is 0 Å². The second kappa shape index (κ2) is 6.54. The van der Waals surface area contributed by atoms with E-state index in [4.69, 9.17) is 14.4 Å². The Kier molecular flexibility index (Phi) is 4.76. The van der Waals surface area contributed by atoms with Gasteiger partial charge in [0.2, 0.25) is 0 Å². The summed E-state index contributed by atoms with van der Waals surface area (Å²) in [6.07, 6.45) is 0.551. The lowest BCUT2D eigenvalue weighted by molar-refractivity contribution is -0.145. The van der Waals surface area contributed by atoms with E-state index in [9.17, 15) is 9.59 Å². The molecule has 0 spiro atoms. The van der Waals surface area contributed by atoms with Crippen molar-refractivity contribution in [1.29, 1.82) is 0 Å². The predicted octanol–water partition coefficient (Wildman–Crippen LogP) is -1.05. The Morgan fingerprint density at radius 3 is 2.20 bits per heavy atom. The van der Waals surface area contributed by atoms with E-state index in [2.05, 4.69) is 0 Å². The quantitative estimate of drug-likeness (QED) is 0.710.